The van der Waals surface area contributed by atoms with E-state index in [0.717, 1.165) is 11.1 Å². The van der Waals surface area contributed by atoms with Gasteiger partial charge in [-0.05, 0) is 22.8 Å². The molecule has 2 heteroatoms. The molecule has 0 amide bonds. The van der Waals surface area contributed by atoms with Crippen molar-refractivity contribution in [3.05, 3.63) is 84.3 Å². The Kier molecular flexibility index (Phi) is 3.17. The Balaban J connectivity index is 1.87. The van der Waals surface area contributed by atoms with Crippen LogP contribution in [0, 0.1) is 0 Å². The van der Waals surface area contributed by atoms with Gasteiger partial charge in [0.25, 0.3) is 0 Å². The van der Waals surface area contributed by atoms with Crippen LogP contribution in [0.4, 0.5) is 0 Å². The highest BCUT2D eigenvalue weighted by Crippen LogP contribution is 2.24. The second-order valence-electron chi connectivity index (χ2n) is 4.52. The summed E-state index contributed by atoms with van der Waals surface area (Å²) in [4.78, 5) is 0. The third kappa shape index (κ3) is 2.44. The molecule has 3 rings (SSSR count). The molecule has 1 unspecified atom stereocenters. The molecule has 1 aromatic heterocycles. The van der Waals surface area contributed by atoms with E-state index in [1.807, 2.05) is 24.3 Å². The molecular formula is C17H15NO. The minimum atomic E-state index is -0.136. The van der Waals surface area contributed by atoms with Gasteiger partial charge in [0.05, 0.1) is 18.6 Å². The first-order valence-electron chi connectivity index (χ1n) is 6.27. The average molecular weight is 249 g/mol. The van der Waals surface area contributed by atoms with Gasteiger partial charge in [0.1, 0.15) is 0 Å². The second kappa shape index (κ2) is 5.12. The number of hydrogen-bond acceptors (Lipinski definition) is 2. The monoisotopic (exact) mass is 249 g/mol. The van der Waals surface area contributed by atoms with Crippen LogP contribution in [0.5, 0.6) is 0 Å². The quantitative estimate of drug-likeness (QED) is 0.762. The Morgan fingerprint density at radius 3 is 2.05 bits per heavy atom. The van der Waals surface area contributed by atoms with E-state index in [1.54, 1.807) is 12.5 Å². The number of rotatable bonds is 3. The molecule has 0 saturated heterocycles. The summed E-state index contributed by atoms with van der Waals surface area (Å²) in [6.45, 7) is 0. The summed E-state index contributed by atoms with van der Waals surface area (Å²) in [7, 11) is 0. The lowest BCUT2D eigenvalue weighted by Crippen LogP contribution is -2.10. The van der Waals surface area contributed by atoms with Gasteiger partial charge in [0.2, 0.25) is 0 Å². The van der Waals surface area contributed by atoms with Gasteiger partial charge in [0.15, 0.2) is 0 Å². The van der Waals surface area contributed by atoms with Crippen LogP contribution in [0.2, 0.25) is 0 Å². The van der Waals surface area contributed by atoms with Crippen LogP contribution in [0.1, 0.15) is 17.2 Å². The van der Waals surface area contributed by atoms with Crippen molar-refractivity contribution in [2.75, 3.05) is 0 Å². The summed E-state index contributed by atoms with van der Waals surface area (Å²) < 4.78 is 5.07. The summed E-state index contributed by atoms with van der Waals surface area (Å²) in [5.41, 5.74) is 10.7. The lowest BCUT2D eigenvalue weighted by atomic mass is 9.98. The van der Waals surface area contributed by atoms with Gasteiger partial charge in [-0.15, -0.1) is 0 Å². The minimum absolute atomic E-state index is 0.136. The third-order valence-corrected chi connectivity index (χ3v) is 3.28. The molecule has 0 bridgehead atoms. The fourth-order valence-electron chi connectivity index (χ4n) is 2.16. The molecule has 0 aliphatic heterocycles. The van der Waals surface area contributed by atoms with Crippen LogP contribution in [-0.2, 0) is 0 Å². The van der Waals surface area contributed by atoms with Crippen molar-refractivity contribution in [3.8, 4) is 11.1 Å². The van der Waals surface area contributed by atoms with Crippen LogP contribution in [-0.4, -0.2) is 0 Å². The number of benzene rings is 2. The van der Waals surface area contributed by atoms with Crippen molar-refractivity contribution in [2.45, 2.75) is 6.04 Å². The molecule has 0 saturated carbocycles. The maximum absolute atomic E-state index is 6.19. The van der Waals surface area contributed by atoms with Gasteiger partial charge in [-0.1, -0.05) is 54.6 Å². The van der Waals surface area contributed by atoms with Crippen molar-refractivity contribution >= 4 is 0 Å². The smallest absolute Gasteiger partial charge is 0.0953 e. The minimum Gasteiger partial charge on any atom is -0.472 e. The predicted molar refractivity (Wildman–Crippen MR) is 76.6 cm³/mol. The predicted octanol–water partition coefficient (Wildman–Crippen LogP) is 3.99. The van der Waals surface area contributed by atoms with Crippen molar-refractivity contribution in [1.82, 2.24) is 0 Å². The summed E-state index contributed by atoms with van der Waals surface area (Å²) >= 11 is 0. The molecule has 3 aromatic rings. The lowest BCUT2D eigenvalue weighted by Gasteiger charge is -2.10. The van der Waals surface area contributed by atoms with Crippen molar-refractivity contribution in [3.63, 3.8) is 0 Å². The Morgan fingerprint density at radius 1 is 0.737 bits per heavy atom. The van der Waals surface area contributed by atoms with Crippen molar-refractivity contribution in [1.29, 1.82) is 0 Å². The molecule has 94 valence electrons. The van der Waals surface area contributed by atoms with Crippen LogP contribution in [0.15, 0.2) is 77.6 Å². The zero-order valence-electron chi connectivity index (χ0n) is 10.5. The van der Waals surface area contributed by atoms with E-state index >= 15 is 0 Å². The van der Waals surface area contributed by atoms with Gasteiger partial charge >= 0.3 is 0 Å². The van der Waals surface area contributed by atoms with Gasteiger partial charge < -0.3 is 10.2 Å². The van der Waals surface area contributed by atoms with E-state index in [0.29, 0.717) is 0 Å². The van der Waals surface area contributed by atoms with Gasteiger partial charge in [0, 0.05) is 5.56 Å². The Labute approximate surface area is 112 Å². The summed E-state index contributed by atoms with van der Waals surface area (Å²) in [5, 5.41) is 0. The van der Waals surface area contributed by atoms with E-state index in [4.69, 9.17) is 10.2 Å². The zero-order valence-corrected chi connectivity index (χ0v) is 10.5. The molecule has 1 heterocycles. The topological polar surface area (TPSA) is 39.2 Å². The highest BCUT2D eigenvalue weighted by molar-refractivity contribution is 5.63. The number of nitrogens with two attached hydrogens (primary N) is 1. The number of furan rings is 1. The Bertz CT molecular complexity index is 627. The van der Waals surface area contributed by atoms with Gasteiger partial charge in [-0.3, -0.25) is 0 Å². The highest BCUT2D eigenvalue weighted by Gasteiger charge is 2.09. The molecule has 2 nitrogen and oxygen atoms in total. The van der Waals surface area contributed by atoms with Crippen LogP contribution in [0.25, 0.3) is 11.1 Å². The second-order valence-corrected chi connectivity index (χ2v) is 4.52. The average Bonchev–Trinajstić information content (AvgIpc) is 3.02. The van der Waals surface area contributed by atoms with Crippen LogP contribution < -0.4 is 5.73 Å². The van der Waals surface area contributed by atoms with Gasteiger partial charge in [-0.25, -0.2) is 0 Å². The largest absolute Gasteiger partial charge is 0.472 e. The van der Waals surface area contributed by atoms with E-state index < -0.39 is 0 Å². The SMILES string of the molecule is NC(c1ccc(-c2ccccc2)cc1)c1ccoc1. The number of hydrogen-bond donors (Lipinski definition) is 1. The van der Waals surface area contributed by atoms with E-state index in [1.165, 1.54) is 11.1 Å². The molecule has 1 atom stereocenters. The fraction of sp³-hybridized carbons (Fsp3) is 0.0588. The molecule has 0 aliphatic carbocycles. The molecule has 0 spiro atoms. The molecule has 0 aliphatic rings. The Hall–Kier alpha value is -2.32. The Morgan fingerprint density at radius 2 is 1.42 bits per heavy atom. The standard InChI is InChI=1S/C17H15NO/c18-17(16-10-11-19-12-16)15-8-6-14(7-9-15)13-4-2-1-3-5-13/h1-12,17H,18H2. The summed E-state index contributed by atoms with van der Waals surface area (Å²) in [6, 6.07) is 20.4. The van der Waals surface area contributed by atoms with E-state index in [2.05, 4.69) is 36.4 Å². The molecule has 2 aromatic carbocycles. The van der Waals surface area contributed by atoms with Crippen molar-refractivity contribution < 1.29 is 4.42 Å². The first-order valence-corrected chi connectivity index (χ1v) is 6.27. The summed E-state index contributed by atoms with van der Waals surface area (Å²) in [5.74, 6) is 0. The summed E-state index contributed by atoms with van der Waals surface area (Å²) in [6.07, 6.45) is 3.34. The third-order valence-electron chi connectivity index (χ3n) is 3.28. The normalized spacial score (nSPS) is 12.3. The molecule has 0 radical (unpaired) electrons. The first-order chi connectivity index (χ1) is 9.34. The molecular weight excluding hydrogens is 234 g/mol. The zero-order chi connectivity index (χ0) is 13.1. The maximum atomic E-state index is 6.19. The molecule has 19 heavy (non-hydrogen) atoms. The molecule has 2 N–H and O–H groups in total. The van der Waals surface area contributed by atoms with Crippen molar-refractivity contribution in [2.24, 2.45) is 5.73 Å². The van der Waals surface area contributed by atoms with E-state index in [-0.39, 0.29) is 6.04 Å². The molecule has 0 fully saturated rings. The highest BCUT2D eigenvalue weighted by atomic mass is 16.3. The van der Waals surface area contributed by atoms with Gasteiger partial charge in [-0.2, -0.15) is 0 Å². The van der Waals surface area contributed by atoms with E-state index in [9.17, 15) is 0 Å². The lowest BCUT2D eigenvalue weighted by molar-refractivity contribution is 0.562. The van der Waals surface area contributed by atoms with Crippen LogP contribution >= 0.6 is 0 Å². The fourth-order valence-corrected chi connectivity index (χ4v) is 2.16. The maximum Gasteiger partial charge on any atom is 0.0953 e. The van der Waals surface area contributed by atoms with Crippen LogP contribution in [0.3, 0.4) is 0 Å². The first kappa shape index (κ1) is 11.8.